The molecule has 1 atom stereocenters. The van der Waals surface area contributed by atoms with Crippen molar-refractivity contribution in [2.75, 3.05) is 5.32 Å². The van der Waals surface area contributed by atoms with Crippen LogP contribution in [0.1, 0.15) is 45.4 Å². The van der Waals surface area contributed by atoms with E-state index in [-0.39, 0.29) is 24.1 Å². The average Bonchev–Trinajstić information content (AvgIpc) is 3.01. The van der Waals surface area contributed by atoms with Gasteiger partial charge in [0.2, 0.25) is 11.8 Å². The quantitative estimate of drug-likeness (QED) is 0.594. The maximum Gasteiger partial charge on any atom is 0.240 e. The molecule has 1 aliphatic carbocycles. The number of hydrogen-bond acceptors (Lipinski definition) is 5. The number of thioether (sulfide) groups is 1. The molecule has 1 saturated heterocycles. The van der Waals surface area contributed by atoms with Gasteiger partial charge in [-0.15, -0.1) is 5.10 Å². The van der Waals surface area contributed by atoms with Crippen molar-refractivity contribution >= 4 is 40.1 Å². The third kappa shape index (κ3) is 5.63. The van der Waals surface area contributed by atoms with E-state index in [1.165, 1.54) is 55.3 Å². The van der Waals surface area contributed by atoms with Gasteiger partial charge < -0.3 is 10.6 Å². The van der Waals surface area contributed by atoms with E-state index in [2.05, 4.69) is 20.8 Å². The van der Waals surface area contributed by atoms with Crippen LogP contribution in [0.2, 0.25) is 0 Å². The van der Waals surface area contributed by atoms with E-state index in [1.54, 1.807) is 0 Å². The highest BCUT2D eigenvalue weighted by atomic mass is 32.2. The minimum absolute atomic E-state index is 0.0121. The Balaban J connectivity index is 1.53. The fourth-order valence-corrected chi connectivity index (χ4v) is 4.14. The van der Waals surface area contributed by atoms with E-state index >= 15 is 0 Å². The van der Waals surface area contributed by atoms with Gasteiger partial charge in [0, 0.05) is 17.8 Å². The van der Waals surface area contributed by atoms with Crippen molar-refractivity contribution in [2.24, 2.45) is 16.1 Å². The van der Waals surface area contributed by atoms with E-state index in [0.29, 0.717) is 16.8 Å². The van der Waals surface area contributed by atoms with E-state index in [1.807, 2.05) is 6.92 Å². The molecule has 0 spiro atoms. The summed E-state index contributed by atoms with van der Waals surface area (Å²) in [6, 6.07) is 5.49. The molecular weight excluding hydrogens is 367 g/mol. The third-order valence-corrected chi connectivity index (χ3v) is 5.84. The zero-order valence-electron chi connectivity index (χ0n) is 15.2. The molecular formula is C19H23FN4O2S. The van der Waals surface area contributed by atoms with Crippen LogP contribution in [0.25, 0.3) is 0 Å². The van der Waals surface area contributed by atoms with Crippen LogP contribution in [0.3, 0.4) is 0 Å². The second-order valence-electron chi connectivity index (χ2n) is 6.84. The van der Waals surface area contributed by atoms with Crippen LogP contribution in [0.15, 0.2) is 34.5 Å². The van der Waals surface area contributed by atoms with Crippen molar-refractivity contribution in [2.45, 2.75) is 50.7 Å². The molecule has 0 aromatic heterocycles. The second-order valence-corrected chi connectivity index (χ2v) is 8.03. The van der Waals surface area contributed by atoms with Crippen molar-refractivity contribution in [1.29, 1.82) is 0 Å². The van der Waals surface area contributed by atoms with Crippen LogP contribution >= 0.6 is 11.8 Å². The molecule has 3 rings (SSSR count). The highest BCUT2D eigenvalue weighted by molar-refractivity contribution is 8.15. The number of amides is 2. The third-order valence-electron chi connectivity index (χ3n) is 4.77. The summed E-state index contributed by atoms with van der Waals surface area (Å²) in [5.74, 6) is -0.456. The zero-order valence-corrected chi connectivity index (χ0v) is 16.0. The Bertz CT molecular complexity index is 757. The number of carbonyl (C=O) groups is 2. The van der Waals surface area contributed by atoms with Gasteiger partial charge in [-0.25, -0.2) is 4.39 Å². The molecule has 2 N–H and O–H groups in total. The van der Waals surface area contributed by atoms with Gasteiger partial charge in [-0.2, -0.15) is 5.10 Å². The first kappa shape index (κ1) is 19.5. The van der Waals surface area contributed by atoms with E-state index in [0.717, 1.165) is 18.6 Å². The molecule has 0 radical (unpaired) electrons. The molecule has 27 heavy (non-hydrogen) atoms. The van der Waals surface area contributed by atoms with Gasteiger partial charge in [-0.3, -0.25) is 9.59 Å². The zero-order chi connectivity index (χ0) is 19.2. The molecule has 1 heterocycles. The fourth-order valence-electron chi connectivity index (χ4n) is 3.23. The van der Waals surface area contributed by atoms with Crippen LogP contribution in [0, 0.1) is 11.7 Å². The van der Waals surface area contributed by atoms with E-state index < -0.39 is 5.25 Å². The molecule has 144 valence electrons. The molecule has 1 aromatic carbocycles. The van der Waals surface area contributed by atoms with Crippen molar-refractivity contribution in [3.05, 3.63) is 30.1 Å². The number of carbonyl (C=O) groups excluding carboxylic acids is 2. The van der Waals surface area contributed by atoms with Crippen LogP contribution in [0.4, 0.5) is 10.1 Å². The number of amidine groups is 1. The van der Waals surface area contributed by atoms with Crippen molar-refractivity contribution in [3.63, 3.8) is 0 Å². The predicted molar refractivity (Wildman–Crippen MR) is 106 cm³/mol. The lowest BCUT2D eigenvalue weighted by molar-refractivity contribution is -0.122. The molecule has 2 fully saturated rings. The van der Waals surface area contributed by atoms with Gasteiger partial charge in [-0.1, -0.05) is 31.0 Å². The molecule has 0 unspecified atom stereocenters. The van der Waals surface area contributed by atoms with Crippen LogP contribution in [-0.4, -0.2) is 27.9 Å². The number of nitrogens with one attached hydrogen (secondary N) is 2. The van der Waals surface area contributed by atoms with Gasteiger partial charge in [0.1, 0.15) is 11.1 Å². The summed E-state index contributed by atoms with van der Waals surface area (Å²) in [5, 5.41) is 13.7. The first-order valence-corrected chi connectivity index (χ1v) is 10.0. The molecule has 8 heteroatoms. The number of anilines is 1. The smallest absolute Gasteiger partial charge is 0.240 e. The molecule has 2 aliphatic rings. The Kier molecular flexibility index (Phi) is 6.60. The van der Waals surface area contributed by atoms with Crippen molar-refractivity contribution in [3.8, 4) is 0 Å². The Morgan fingerprint density at radius 2 is 1.96 bits per heavy atom. The number of rotatable bonds is 5. The lowest BCUT2D eigenvalue weighted by Crippen LogP contribution is -2.28. The maximum absolute atomic E-state index is 12.9. The molecule has 0 bridgehead atoms. The first-order valence-electron chi connectivity index (χ1n) is 9.16. The first-order chi connectivity index (χ1) is 13.0. The summed E-state index contributed by atoms with van der Waals surface area (Å²) < 4.78 is 12.9. The van der Waals surface area contributed by atoms with Gasteiger partial charge in [-0.05, 0) is 49.9 Å². The van der Waals surface area contributed by atoms with Gasteiger partial charge >= 0.3 is 0 Å². The summed E-state index contributed by atoms with van der Waals surface area (Å²) >= 11 is 1.21. The Labute approximate surface area is 162 Å². The largest absolute Gasteiger partial charge is 0.326 e. The highest BCUT2D eigenvalue weighted by Crippen LogP contribution is 2.26. The summed E-state index contributed by atoms with van der Waals surface area (Å²) in [5.41, 5.74) is 1.49. The van der Waals surface area contributed by atoms with E-state index in [4.69, 9.17) is 0 Å². The van der Waals surface area contributed by atoms with Crippen LogP contribution in [0.5, 0.6) is 0 Å². The number of hydrogen-bond donors (Lipinski definition) is 2. The minimum atomic E-state index is -0.547. The molecule has 1 aliphatic heterocycles. The molecule has 1 saturated carbocycles. The number of nitrogens with zero attached hydrogens (tertiary/aromatic N) is 2. The Morgan fingerprint density at radius 3 is 2.67 bits per heavy atom. The van der Waals surface area contributed by atoms with Crippen LogP contribution < -0.4 is 10.6 Å². The Hall–Kier alpha value is -2.22. The van der Waals surface area contributed by atoms with E-state index in [9.17, 15) is 14.0 Å². The SMILES string of the molecule is C/C(=N/N=C1\NC(=O)[C@H](CC(=O)Nc2ccc(F)cc2)S1)C1CCCCC1. The maximum atomic E-state index is 12.9. The topological polar surface area (TPSA) is 82.9 Å². The summed E-state index contributed by atoms with van der Waals surface area (Å²) in [6.07, 6.45) is 6.04. The fraction of sp³-hybridized carbons (Fsp3) is 0.474. The number of benzene rings is 1. The summed E-state index contributed by atoms with van der Waals surface area (Å²) in [7, 11) is 0. The average molecular weight is 390 g/mol. The monoisotopic (exact) mass is 390 g/mol. The van der Waals surface area contributed by atoms with Crippen molar-refractivity contribution in [1.82, 2.24) is 5.32 Å². The number of halogens is 1. The second kappa shape index (κ2) is 9.12. The predicted octanol–water partition coefficient (Wildman–Crippen LogP) is 3.70. The standard InChI is InChI=1S/C19H23FN4O2S/c1-12(13-5-3-2-4-6-13)23-24-19-22-18(26)16(27-19)11-17(25)21-15-9-7-14(20)8-10-15/h7-10,13,16H,2-6,11H2,1H3,(H,21,25)(H,22,24,26)/b23-12-/t16-/m0/s1. The highest BCUT2D eigenvalue weighted by Gasteiger charge is 2.32. The minimum Gasteiger partial charge on any atom is -0.326 e. The lowest BCUT2D eigenvalue weighted by Gasteiger charge is -2.20. The van der Waals surface area contributed by atoms with Crippen molar-refractivity contribution < 1.29 is 14.0 Å². The summed E-state index contributed by atoms with van der Waals surface area (Å²) in [6.45, 7) is 1.98. The van der Waals surface area contributed by atoms with Gasteiger partial charge in [0.25, 0.3) is 0 Å². The molecule has 1 aromatic rings. The van der Waals surface area contributed by atoms with Gasteiger partial charge in [0.15, 0.2) is 5.17 Å². The lowest BCUT2D eigenvalue weighted by atomic mass is 9.86. The summed E-state index contributed by atoms with van der Waals surface area (Å²) in [4.78, 5) is 24.2. The van der Waals surface area contributed by atoms with Crippen LogP contribution in [-0.2, 0) is 9.59 Å². The molecule has 6 nitrogen and oxygen atoms in total. The molecule has 2 amide bonds. The Morgan fingerprint density at radius 1 is 1.26 bits per heavy atom. The normalized spacial score (nSPS) is 22.7. The van der Waals surface area contributed by atoms with Gasteiger partial charge in [0.05, 0.1) is 0 Å².